The van der Waals surface area contributed by atoms with Crippen molar-refractivity contribution in [3.63, 3.8) is 0 Å². The van der Waals surface area contributed by atoms with Crippen molar-refractivity contribution in [3.05, 3.63) is 94.8 Å². The van der Waals surface area contributed by atoms with Crippen molar-refractivity contribution in [1.29, 1.82) is 0 Å². The third-order valence-electron chi connectivity index (χ3n) is 3.87. The number of pyridine rings is 1. The summed E-state index contributed by atoms with van der Waals surface area (Å²) in [6, 6.07) is 16.4. The molecule has 0 fully saturated rings. The van der Waals surface area contributed by atoms with Gasteiger partial charge in [0.15, 0.2) is 5.78 Å². The lowest BCUT2D eigenvalue weighted by Gasteiger charge is -2.11. The molecule has 0 saturated heterocycles. The molecule has 3 rings (SSSR count). The van der Waals surface area contributed by atoms with Gasteiger partial charge in [-0.3, -0.25) is 9.78 Å². The van der Waals surface area contributed by atoms with Gasteiger partial charge >= 0.3 is 0 Å². The van der Waals surface area contributed by atoms with Crippen molar-refractivity contribution in [1.82, 2.24) is 4.98 Å². The second-order valence-electron chi connectivity index (χ2n) is 5.76. The monoisotopic (exact) mass is 379 g/mol. The predicted octanol–water partition coefficient (Wildman–Crippen LogP) is 5.22. The number of aromatic nitrogens is 1. The minimum Gasteiger partial charge on any atom is -0.496 e. The predicted molar refractivity (Wildman–Crippen MR) is 106 cm³/mol. The summed E-state index contributed by atoms with van der Waals surface area (Å²) in [5, 5.41) is 0.616. The number of hydrogen-bond donors (Lipinski definition) is 0. The molecule has 0 unspecified atom stereocenters. The Morgan fingerprint density at radius 2 is 2.04 bits per heavy atom. The highest BCUT2D eigenvalue weighted by atomic mass is 35.5. The standard InChI is InChI=1S/C22H18ClNO3/c1-26-22-10-8-16(7-9-21(25)17-4-3-11-24-14-17)12-18(22)15-27-20-6-2-5-19(23)13-20/h2-14H,15H2,1H3/b9-7+. The van der Waals surface area contributed by atoms with Crippen LogP contribution in [0.3, 0.4) is 0 Å². The molecule has 3 aromatic rings. The lowest BCUT2D eigenvalue weighted by atomic mass is 10.1. The maximum absolute atomic E-state index is 12.2. The minimum absolute atomic E-state index is 0.101. The van der Waals surface area contributed by atoms with Crippen LogP contribution in [0.4, 0.5) is 0 Å². The van der Waals surface area contributed by atoms with Crippen LogP contribution in [0.1, 0.15) is 21.5 Å². The first-order chi connectivity index (χ1) is 13.2. The number of carbonyl (C=O) groups excluding carboxylic acids is 1. The minimum atomic E-state index is -0.101. The number of nitrogens with zero attached hydrogens (tertiary/aromatic N) is 1. The fraction of sp³-hybridized carbons (Fsp3) is 0.0909. The quantitative estimate of drug-likeness (QED) is 0.417. The molecule has 0 spiro atoms. The molecule has 0 atom stereocenters. The summed E-state index contributed by atoms with van der Waals surface area (Å²) >= 11 is 5.98. The molecular formula is C22H18ClNO3. The van der Waals surface area contributed by atoms with Crippen molar-refractivity contribution >= 4 is 23.5 Å². The van der Waals surface area contributed by atoms with E-state index in [0.717, 1.165) is 11.1 Å². The van der Waals surface area contributed by atoms with E-state index < -0.39 is 0 Å². The van der Waals surface area contributed by atoms with Crippen molar-refractivity contribution in [3.8, 4) is 11.5 Å². The van der Waals surface area contributed by atoms with E-state index in [4.69, 9.17) is 21.1 Å². The first-order valence-corrected chi connectivity index (χ1v) is 8.71. The topological polar surface area (TPSA) is 48.4 Å². The molecule has 1 heterocycles. The van der Waals surface area contributed by atoms with Crippen LogP contribution in [0.2, 0.25) is 5.02 Å². The van der Waals surface area contributed by atoms with Crippen LogP contribution in [-0.2, 0) is 6.61 Å². The van der Waals surface area contributed by atoms with E-state index in [1.807, 2.05) is 30.3 Å². The summed E-state index contributed by atoms with van der Waals surface area (Å²) in [4.78, 5) is 16.1. The van der Waals surface area contributed by atoms with Crippen LogP contribution >= 0.6 is 11.6 Å². The largest absolute Gasteiger partial charge is 0.496 e. The molecule has 0 aliphatic rings. The van der Waals surface area contributed by atoms with Crippen LogP contribution in [0, 0.1) is 0 Å². The molecule has 4 nitrogen and oxygen atoms in total. The zero-order valence-corrected chi connectivity index (χ0v) is 15.5. The first kappa shape index (κ1) is 18.7. The number of ketones is 1. The first-order valence-electron chi connectivity index (χ1n) is 8.33. The lowest BCUT2D eigenvalue weighted by molar-refractivity contribution is 0.104. The van der Waals surface area contributed by atoms with E-state index in [-0.39, 0.29) is 5.78 Å². The average Bonchev–Trinajstić information content (AvgIpc) is 2.71. The third-order valence-corrected chi connectivity index (χ3v) is 4.10. The summed E-state index contributed by atoms with van der Waals surface area (Å²) in [6.45, 7) is 0.321. The van der Waals surface area contributed by atoms with E-state index in [1.54, 1.807) is 49.8 Å². The molecule has 0 saturated carbocycles. The summed E-state index contributed by atoms with van der Waals surface area (Å²) in [7, 11) is 1.61. The van der Waals surface area contributed by atoms with E-state index >= 15 is 0 Å². The van der Waals surface area contributed by atoms with Gasteiger partial charge in [0.1, 0.15) is 18.1 Å². The SMILES string of the molecule is COc1ccc(/C=C/C(=O)c2cccnc2)cc1COc1cccc(Cl)c1. The van der Waals surface area contributed by atoms with Gasteiger partial charge in [0, 0.05) is 28.5 Å². The van der Waals surface area contributed by atoms with Crippen LogP contribution in [0.25, 0.3) is 6.08 Å². The second kappa shape index (κ2) is 9.01. The number of hydrogen-bond acceptors (Lipinski definition) is 4. The van der Waals surface area contributed by atoms with Crippen molar-refractivity contribution < 1.29 is 14.3 Å². The van der Waals surface area contributed by atoms with Crippen molar-refractivity contribution in [2.45, 2.75) is 6.61 Å². The summed E-state index contributed by atoms with van der Waals surface area (Å²) in [6.07, 6.45) is 6.47. The second-order valence-corrected chi connectivity index (χ2v) is 6.19. The molecule has 0 aliphatic carbocycles. The van der Waals surface area contributed by atoms with E-state index in [9.17, 15) is 4.79 Å². The van der Waals surface area contributed by atoms with E-state index in [0.29, 0.717) is 28.7 Å². The fourth-order valence-electron chi connectivity index (χ4n) is 2.51. The van der Waals surface area contributed by atoms with Crippen LogP contribution in [0.5, 0.6) is 11.5 Å². The Balaban J connectivity index is 1.74. The molecule has 1 aromatic heterocycles. The normalized spacial score (nSPS) is 10.7. The van der Waals surface area contributed by atoms with Crippen LogP contribution < -0.4 is 9.47 Å². The Hall–Kier alpha value is -3.11. The zero-order chi connectivity index (χ0) is 19.1. The van der Waals surface area contributed by atoms with Gasteiger partial charge in [0.25, 0.3) is 0 Å². The molecule has 27 heavy (non-hydrogen) atoms. The number of allylic oxidation sites excluding steroid dienone is 1. The molecule has 0 N–H and O–H groups in total. The number of halogens is 1. The molecule has 136 valence electrons. The number of carbonyl (C=O) groups is 1. The molecule has 0 bridgehead atoms. The number of methoxy groups -OCH3 is 1. The lowest BCUT2D eigenvalue weighted by Crippen LogP contribution is -1.99. The van der Waals surface area contributed by atoms with Gasteiger partial charge in [-0.1, -0.05) is 29.8 Å². The van der Waals surface area contributed by atoms with Gasteiger partial charge < -0.3 is 9.47 Å². The highest BCUT2D eigenvalue weighted by molar-refractivity contribution is 6.30. The van der Waals surface area contributed by atoms with Gasteiger partial charge in [-0.25, -0.2) is 0 Å². The van der Waals surface area contributed by atoms with Gasteiger partial charge in [-0.05, 0) is 54.1 Å². The van der Waals surface area contributed by atoms with Gasteiger partial charge in [-0.2, -0.15) is 0 Å². The van der Waals surface area contributed by atoms with Crippen LogP contribution in [0.15, 0.2) is 73.1 Å². The summed E-state index contributed by atoms with van der Waals surface area (Å²) < 4.78 is 11.2. The maximum atomic E-state index is 12.2. The highest BCUT2D eigenvalue weighted by Crippen LogP contribution is 2.24. The van der Waals surface area contributed by atoms with Gasteiger partial charge in [0.05, 0.1) is 7.11 Å². The number of benzene rings is 2. The molecule has 0 radical (unpaired) electrons. The molecule has 0 amide bonds. The summed E-state index contributed by atoms with van der Waals surface area (Å²) in [5.41, 5.74) is 2.29. The molecular weight excluding hydrogens is 362 g/mol. The van der Waals surface area contributed by atoms with Gasteiger partial charge in [0.2, 0.25) is 0 Å². The number of ether oxygens (including phenoxy) is 2. The fourth-order valence-corrected chi connectivity index (χ4v) is 2.69. The van der Waals surface area contributed by atoms with Crippen molar-refractivity contribution in [2.75, 3.05) is 7.11 Å². The van der Waals surface area contributed by atoms with E-state index in [2.05, 4.69) is 4.98 Å². The summed E-state index contributed by atoms with van der Waals surface area (Å²) in [5.74, 6) is 1.29. The van der Waals surface area contributed by atoms with Gasteiger partial charge in [-0.15, -0.1) is 0 Å². The smallest absolute Gasteiger partial charge is 0.187 e. The maximum Gasteiger partial charge on any atom is 0.187 e. The Bertz CT molecular complexity index is 955. The third kappa shape index (κ3) is 5.19. The Labute approximate surface area is 163 Å². The molecule has 5 heteroatoms. The van der Waals surface area contributed by atoms with E-state index in [1.165, 1.54) is 6.08 Å². The van der Waals surface area contributed by atoms with Crippen molar-refractivity contribution in [2.24, 2.45) is 0 Å². The molecule has 0 aliphatic heterocycles. The Morgan fingerprint density at radius 1 is 1.15 bits per heavy atom. The van der Waals surface area contributed by atoms with Crippen LogP contribution in [-0.4, -0.2) is 17.9 Å². The average molecular weight is 380 g/mol. The molecule has 2 aromatic carbocycles. The highest BCUT2D eigenvalue weighted by Gasteiger charge is 2.06. The zero-order valence-electron chi connectivity index (χ0n) is 14.8. The Kier molecular flexibility index (Phi) is 6.23. The Morgan fingerprint density at radius 3 is 2.78 bits per heavy atom. The number of rotatable bonds is 7.